The number of para-hydroxylation sites is 1. The summed E-state index contributed by atoms with van der Waals surface area (Å²) in [6.45, 7) is 0. The van der Waals surface area contributed by atoms with Gasteiger partial charge in [-0.1, -0.05) is 30.0 Å². The fourth-order valence-corrected chi connectivity index (χ4v) is 2.90. The zero-order valence-electron chi connectivity index (χ0n) is 15.2. The van der Waals surface area contributed by atoms with E-state index in [1.54, 1.807) is 37.4 Å². The third-order valence-electron chi connectivity index (χ3n) is 3.66. The average Bonchev–Trinajstić information content (AvgIpc) is 3.21. The minimum atomic E-state index is -0.525. The van der Waals surface area contributed by atoms with Crippen molar-refractivity contribution in [1.82, 2.24) is 10.2 Å². The van der Waals surface area contributed by atoms with Gasteiger partial charge in [0.15, 0.2) is 0 Å². The first-order chi connectivity index (χ1) is 13.6. The van der Waals surface area contributed by atoms with Gasteiger partial charge in [-0.25, -0.2) is 4.79 Å². The second-order valence-corrected chi connectivity index (χ2v) is 6.41. The van der Waals surface area contributed by atoms with Gasteiger partial charge in [-0.15, -0.1) is 10.2 Å². The van der Waals surface area contributed by atoms with Crippen molar-refractivity contribution in [2.75, 3.05) is 25.3 Å². The molecule has 0 aliphatic rings. The van der Waals surface area contributed by atoms with Gasteiger partial charge in [0.2, 0.25) is 11.8 Å². The number of methoxy groups -OCH3 is 2. The Kier molecular flexibility index (Phi) is 6.28. The van der Waals surface area contributed by atoms with Crippen molar-refractivity contribution in [2.45, 2.75) is 5.22 Å². The summed E-state index contributed by atoms with van der Waals surface area (Å²) in [4.78, 5) is 24.0. The molecule has 3 aromatic rings. The molecule has 0 bridgehead atoms. The van der Waals surface area contributed by atoms with E-state index in [-0.39, 0.29) is 22.4 Å². The highest BCUT2D eigenvalue weighted by Gasteiger charge is 2.15. The van der Waals surface area contributed by atoms with Crippen LogP contribution in [0.4, 0.5) is 5.69 Å². The highest BCUT2D eigenvalue weighted by atomic mass is 32.2. The fourth-order valence-electron chi connectivity index (χ4n) is 2.33. The Balaban J connectivity index is 1.62. The maximum Gasteiger partial charge on any atom is 0.339 e. The monoisotopic (exact) mass is 399 g/mol. The summed E-state index contributed by atoms with van der Waals surface area (Å²) >= 11 is 1.09. The minimum absolute atomic E-state index is 0.0370. The number of benzene rings is 2. The van der Waals surface area contributed by atoms with Crippen LogP contribution in [0.5, 0.6) is 5.75 Å². The molecule has 2 aromatic carbocycles. The molecule has 144 valence electrons. The lowest BCUT2D eigenvalue weighted by Gasteiger charge is -2.08. The molecule has 0 aliphatic carbocycles. The van der Waals surface area contributed by atoms with Crippen LogP contribution in [0.2, 0.25) is 0 Å². The lowest BCUT2D eigenvalue weighted by Crippen LogP contribution is -2.17. The SMILES string of the molecule is COC(=O)c1ccccc1NC(=O)CSc1nnc(-c2cccc(OC)c2)o1. The van der Waals surface area contributed by atoms with Gasteiger partial charge in [0.05, 0.1) is 31.2 Å². The molecule has 1 amide bonds. The predicted octanol–water partition coefficient (Wildman–Crippen LogP) is 3.26. The first-order valence-electron chi connectivity index (χ1n) is 8.18. The Morgan fingerprint density at radius 1 is 1.11 bits per heavy atom. The summed E-state index contributed by atoms with van der Waals surface area (Å²) in [6, 6.07) is 13.8. The van der Waals surface area contributed by atoms with E-state index >= 15 is 0 Å². The van der Waals surface area contributed by atoms with Gasteiger partial charge in [-0.05, 0) is 30.3 Å². The number of esters is 1. The third kappa shape index (κ3) is 4.68. The van der Waals surface area contributed by atoms with Gasteiger partial charge in [0, 0.05) is 5.56 Å². The Bertz CT molecular complexity index is 989. The van der Waals surface area contributed by atoms with Crippen LogP contribution in [0.1, 0.15) is 10.4 Å². The van der Waals surface area contributed by atoms with Crippen LogP contribution in [0.15, 0.2) is 58.2 Å². The maximum atomic E-state index is 12.2. The molecule has 0 fully saturated rings. The number of amides is 1. The van der Waals surface area contributed by atoms with Crippen molar-refractivity contribution in [3.8, 4) is 17.2 Å². The number of hydrogen-bond acceptors (Lipinski definition) is 8. The molecule has 1 heterocycles. The summed E-state index contributed by atoms with van der Waals surface area (Å²) < 4.78 is 15.5. The van der Waals surface area contributed by atoms with E-state index in [0.29, 0.717) is 17.3 Å². The van der Waals surface area contributed by atoms with Crippen molar-refractivity contribution >= 4 is 29.3 Å². The van der Waals surface area contributed by atoms with Crippen molar-refractivity contribution in [3.63, 3.8) is 0 Å². The highest BCUT2D eigenvalue weighted by Crippen LogP contribution is 2.26. The van der Waals surface area contributed by atoms with Gasteiger partial charge in [-0.3, -0.25) is 4.79 Å². The Morgan fingerprint density at radius 3 is 2.71 bits per heavy atom. The maximum absolute atomic E-state index is 12.2. The summed E-state index contributed by atoms with van der Waals surface area (Å²) in [7, 11) is 2.86. The molecule has 1 aromatic heterocycles. The number of thioether (sulfide) groups is 1. The highest BCUT2D eigenvalue weighted by molar-refractivity contribution is 7.99. The van der Waals surface area contributed by atoms with Gasteiger partial charge in [0.25, 0.3) is 5.22 Å². The number of rotatable bonds is 7. The van der Waals surface area contributed by atoms with Crippen molar-refractivity contribution < 1.29 is 23.5 Å². The molecular weight excluding hydrogens is 382 g/mol. The first-order valence-corrected chi connectivity index (χ1v) is 9.17. The number of carbonyl (C=O) groups is 2. The van der Waals surface area contributed by atoms with Crippen molar-refractivity contribution in [1.29, 1.82) is 0 Å². The van der Waals surface area contributed by atoms with Crippen molar-refractivity contribution in [2.24, 2.45) is 0 Å². The lowest BCUT2D eigenvalue weighted by atomic mass is 10.2. The van der Waals surface area contributed by atoms with Crippen LogP contribution < -0.4 is 10.1 Å². The van der Waals surface area contributed by atoms with Gasteiger partial charge >= 0.3 is 5.97 Å². The van der Waals surface area contributed by atoms with Crippen LogP contribution in [-0.2, 0) is 9.53 Å². The normalized spacial score (nSPS) is 10.4. The Labute approximate surface area is 165 Å². The van der Waals surface area contributed by atoms with Crippen molar-refractivity contribution in [3.05, 3.63) is 54.1 Å². The summed E-state index contributed by atoms with van der Waals surface area (Å²) in [6.07, 6.45) is 0. The standard InChI is InChI=1S/C19H17N3O5S/c1-25-13-7-5-6-12(10-13)17-21-22-19(27-17)28-11-16(23)20-15-9-4-3-8-14(15)18(24)26-2/h3-10H,11H2,1-2H3,(H,20,23). The fraction of sp³-hybridized carbons (Fsp3) is 0.158. The van der Waals surface area contributed by atoms with E-state index in [2.05, 4.69) is 15.5 Å². The number of ether oxygens (including phenoxy) is 2. The van der Waals surface area contributed by atoms with E-state index in [9.17, 15) is 9.59 Å². The molecule has 28 heavy (non-hydrogen) atoms. The molecular formula is C19H17N3O5S. The largest absolute Gasteiger partial charge is 0.497 e. The van der Waals surface area contributed by atoms with Gasteiger partial charge in [0.1, 0.15) is 5.75 Å². The molecule has 0 saturated heterocycles. The molecule has 8 nitrogen and oxygen atoms in total. The zero-order valence-corrected chi connectivity index (χ0v) is 16.0. The van der Waals surface area contributed by atoms with E-state index in [0.717, 1.165) is 17.3 Å². The molecule has 0 aliphatic heterocycles. The molecule has 0 saturated carbocycles. The van der Waals surface area contributed by atoms with E-state index in [4.69, 9.17) is 13.9 Å². The average molecular weight is 399 g/mol. The number of carbonyl (C=O) groups excluding carboxylic acids is 2. The number of nitrogens with zero attached hydrogens (tertiary/aromatic N) is 2. The number of hydrogen-bond donors (Lipinski definition) is 1. The molecule has 0 unspecified atom stereocenters. The smallest absolute Gasteiger partial charge is 0.339 e. The topological polar surface area (TPSA) is 104 Å². The second-order valence-electron chi connectivity index (χ2n) is 5.48. The number of nitrogens with one attached hydrogen (secondary N) is 1. The van der Waals surface area contributed by atoms with Crippen LogP contribution in [0.3, 0.4) is 0 Å². The van der Waals surface area contributed by atoms with E-state index in [1.165, 1.54) is 7.11 Å². The van der Waals surface area contributed by atoms with E-state index < -0.39 is 5.97 Å². The Morgan fingerprint density at radius 2 is 1.93 bits per heavy atom. The molecule has 0 atom stereocenters. The second kappa shape index (κ2) is 9.05. The number of anilines is 1. The zero-order chi connectivity index (χ0) is 19.9. The first kappa shape index (κ1) is 19.4. The van der Waals surface area contributed by atoms with E-state index in [1.807, 2.05) is 18.2 Å². The number of aromatic nitrogens is 2. The van der Waals surface area contributed by atoms with Gasteiger partial charge in [-0.2, -0.15) is 0 Å². The minimum Gasteiger partial charge on any atom is -0.497 e. The molecule has 0 spiro atoms. The third-order valence-corrected chi connectivity index (χ3v) is 4.47. The predicted molar refractivity (Wildman–Crippen MR) is 103 cm³/mol. The van der Waals surface area contributed by atoms with Crippen LogP contribution >= 0.6 is 11.8 Å². The Hall–Kier alpha value is -3.33. The van der Waals surface area contributed by atoms with Crippen LogP contribution in [0, 0.1) is 0 Å². The molecule has 3 rings (SSSR count). The summed E-state index contributed by atoms with van der Waals surface area (Å²) in [5.41, 5.74) is 1.37. The van der Waals surface area contributed by atoms with Crippen LogP contribution in [0.25, 0.3) is 11.5 Å². The lowest BCUT2D eigenvalue weighted by molar-refractivity contribution is -0.113. The van der Waals surface area contributed by atoms with Gasteiger partial charge < -0.3 is 19.2 Å². The molecule has 9 heteroatoms. The quantitative estimate of drug-likeness (QED) is 0.477. The molecule has 1 N–H and O–H groups in total. The summed E-state index contributed by atoms with van der Waals surface area (Å²) in [5.74, 6) is 0.201. The molecule has 0 radical (unpaired) electrons. The summed E-state index contributed by atoms with van der Waals surface area (Å²) in [5, 5.41) is 10.9. The van der Waals surface area contributed by atoms with Crippen LogP contribution in [-0.4, -0.2) is 42.0 Å².